The van der Waals surface area contributed by atoms with E-state index < -0.39 is 0 Å². The highest BCUT2D eigenvalue weighted by molar-refractivity contribution is 5.74. The minimum atomic E-state index is 0.562. The number of pyridine rings is 1. The normalized spacial score (nSPS) is 10.7. The molecular weight excluding hydrogens is 226 g/mol. The third-order valence-corrected chi connectivity index (χ3v) is 2.68. The number of benzene rings is 1. The first-order valence-electron chi connectivity index (χ1n) is 5.91. The van der Waals surface area contributed by atoms with E-state index >= 15 is 0 Å². The van der Waals surface area contributed by atoms with Crippen molar-refractivity contribution in [1.82, 2.24) is 9.97 Å². The highest BCUT2D eigenvalue weighted by atomic mass is 16.4. The maximum Gasteiger partial charge on any atom is 0.295 e. The Kier molecular flexibility index (Phi) is 2.92. The molecule has 18 heavy (non-hydrogen) atoms. The summed E-state index contributed by atoms with van der Waals surface area (Å²) in [4.78, 5) is 8.61. The van der Waals surface area contributed by atoms with E-state index in [0.29, 0.717) is 6.01 Å². The number of hydrogen-bond donors (Lipinski definition) is 1. The molecular formula is C14H13N3O. The molecule has 1 aromatic carbocycles. The lowest BCUT2D eigenvalue weighted by molar-refractivity contribution is 0.614. The van der Waals surface area contributed by atoms with Crippen LogP contribution in [0, 0.1) is 0 Å². The Morgan fingerprint density at radius 2 is 1.94 bits per heavy atom. The van der Waals surface area contributed by atoms with Crippen LogP contribution in [0.4, 0.5) is 6.01 Å². The fourth-order valence-corrected chi connectivity index (χ4v) is 1.79. The molecule has 0 aliphatic heterocycles. The van der Waals surface area contributed by atoms with Crippen LogP contribution in [0.1, 0.15) is 5.69 Å². The number of nitrogens with zero attached hydrogens (tertiary/aromatic N) is 2. The van der Waals surface area contributed by atoms with E-state index in [1.54, 1.807) is 6.20 Å². The van der Waals surface area contributed by atoms with E-state index in [0.717, 1.165) is 29.8 Å². The van der Waals surface area contributed by atoms with Crippen molar-refractivity contribution in [3.05, 3.63) is 54.4 Å². The molecule has 0 saturated carbocycles. The first-order valence-corrected chi connectivity index (χ1v) is 5.91. The molecule has 2 heterocycles. The van der Waals surface area contributed by atoms with Crippen LogP contribution in [0.2, 0.25) is 0 Å². The fourth-order valence-electron chi connectivity index (χ4n) is 1.79. The Morgan fingerprint density at radius 1 is 1.06 bits per heavy atom. The van der Waals surface area contributed by atoms with Crippen LogP contribution in [0.15, 0.2) is 53.1 Å². The van der Waals surface area contributed by atoms with Gasteiger partial charge in [-0.3, -0.25) is 4.98 Å². The van der Waals surface area contributed by atoms with Gasteiger partial charge in [0.1, 0.15) is 5.52 Å². The summed E-state index contributed by atoms with van der Waals surface area (Å²) in [7, 11) is 0. The molecule has 0 bridgehead atoms. The van der Waals surface area contributed by atoms with Crippen LogP contribution < -0.4 is 5.32 Å². The highest BCUT2D eigenvalue weighted by Crippen LogP contribution is 2.17. The Balaban J connectivity index is 1.63. The lowest BCUT2D eigenvalue weighted by Gasteiger charge is -2.00. The molecule has 0 aliphatic rings. The Bertz CT molecular complexity index is 601. The Morgan fingerprint density at radius 3 is 2.78 bits per heavy atom. The molecule has 0 atom stereocenters. The van der Waals surface area contributed by atoms with Gasteiger partial charge in [0.15, 0.2) is 5.58 Å². The minimum Gasteiger partial charge on any atom is -0.424 e. The second-order valence-electron chi connectivity index (χ2n) is 3.98. The molecule has 0 unspecified atom stereocenters. The summed E-state index contributed by atoms with van der Waals surface area (Å²) < 4.78 is 5.56. The van der Waals surface area contributed by atoms with Crippen LogP contribution >= 0.6 is 0 Å². The molecule has 4 heteroatoms. The number of anilines is 1. The summed E-state index contributed by atoms with van der Waals surface area (Å²) in [6, 6.07) is 14.2. The van der Waals surface area contributed by atoms with Gasteiger partial charge in [-0.2, -0.15) is 4.98 Å². The van der Waals surface area contributed by atoms with Crippen molar-refractivity contribution in [3.63, 3.8) is 0 Å². The predicted octanol–water partition coefficient (Wildman–Crippen LogP) is 2.88. The monoisotopic (exact) mass is 239 g/mol. The quantitative estimate of drug-likeness (QED) is 0.760. The maximum absolute atomic E-state index is 5.56. The van der Waals surface area contributed by atoms with E-state index in [9.17, 15) is 0 Å². The summed E-state index contributed by atoms with van der Waals surface area (Å²) in [6.07, 6.45) is 2.65. The zero-order chi connectivity index (χ0) is 12.2. The van der Waals surface area contributed by atoms with E-state index in [1.165, 1.54) is 0 Å². The number of oxazole rings is 1. The number of para-hydroxylation sites is 2. The van der Waals surface area contributed by atoms with Crippen LogP contribution in [0.3, 0.4) is 0 Å². The van der Waals surface area contributed by atoms with Crippen LogP contribution in [-0.2, 0) is 6.42 Å². The van der Waals surface area contributed by atoms with Gasteiger partial charge in [0.2, 0.25) is 0 Å². The average molecular weight is 239 g/mol. The summed E-state index contributed by atoms with van der Waals surface area (Å²) in [6.45, 7) is 0.754. The average Bonchev–Trinajstić information content (AvgIpc) is 2.82. The molecule has 3 rings (SSSR count). The standard InChI is InChI=1S/C14H13N3O/c1-2-7-13-12(6-1)17-14(18-13)16-10-8-11-5-3-4-9-15-11/h1-7,9H,8,10H2,(H,16,17). The first kappa shape index (κ1) is 10.8. The van der Waals surface area contributed by atoms with E-state index in [1.807, 2.05) is 42.5 Å². The topological polar surface area (TPSA) is 51.0 Å². The highest BCUT2D eigenvalue weighted by Gasteiger charge is 2.03. The SMILES string of the molecule is c1ccc(CCNc2nc3ccccc3o2)nc1. The predicted molar refractivity (Wildman–Crippen MR) is 70.4 cm³/mol. The molecule has 90 valence electrons. The fraction of sp³-hybridized carbons (Fsp3) is 0.143. The molecule has 0 spiro atoms. The molecule has 3 aromatic rings. The minimum absolute atomic E-state index is 0.562. The number of hydrogen-bond acceptors (Lipinski definition) is 4. The van der Waals surface area contributed by atoms with E-state index in [4.69, 9.17) is 4.42 Å². The summed E-state index contributed by atoms with van der Waals surface area (Å²) in [5.41, 5.74) is 2.73. The summed E-state index contributed by atoms with van der Waals surface area (Å²) >= 11 is 0. The van der Waals surface area contributed by atoms with Gasteiger partial charge >= 0.3 is 0 Å². The lowest BCUT2D eigenvalue weighted by Crippen LogP contribution is -2.05. The molecule has 1 N–H and O–H groups in total. The van der Waals surface area contributed by atoms with Gasteiger partial charge in [0.25, 0.3) is 6.01 Å². The van der Waals surface area contributed by atoms with Crippen LogP contribution in [0.5, 0.6) is 0 Å². The van der Waals surface area contributed by atoms with Crippen molar-refractivity contribution in [2.75, 3.05) is 11.9 Å². The zero-order valence-electron chi connectivity index (χ0n) is 9.84. The van der Waals surface area contributed by atoms with Crippen LogP contribution in [-0.4, -0.2) is 16.5 Å². The third kappa shape index (κ3) is 2.32. The van der Waals surface area contributed by atoms with Crippen LogP contribution in [0.25, 0.3) is 11.1 Å². The number of fused-ring (bicyclic) bond motifs is 1. The van der Waals surface area contributed by atoms with Gasteiger partial charge in [0, 0.05) is 24.9 Å². The molecule has 0 aliphatic carbocycles. The van der Waals surface area contributed by atoms with Crippen molar-refractivity contribution < 1.29 is 4.42 Å². The van der Waals surface area contributed by atoms with Gasteiger partial charge in [0.05, 0.1) is 0 Å². The van der Waals surface area contributed by atoms with Crippen molar-refractivity contribution in [2.45, 2.75) is 6.42 Å². The van der Waals surface area contributed by atoms with Crippen molar-refractivity contribution in [2.24, 2.45) is 0 Å². The number of rotatable bonds is 4. The smallest absolute Gasteiger partial charge is 0.295 e. The zero-order valence-corrected chi connectivity index (χ0v) is 9.84. The van der Waals surface area contributed by atoms with Gasteiger partial charge in [-0.15, -0.1) is 0 Å². The number of aromatic nitrogens is 2. The molecule has 2 aromatic heterocycles. The first-order chi connectivity index (χ1) is 8.92. The van der Waals surface area contributed by atoms with Gasteiger partial charge in [-0.25, -0.2) is 0 Å². The molecule has 0 fully saturated rings. The Labute approximate surface area is 105 Å². The Hall–Kier alpha value is -2.36. The molecule has 0 amide bonds. The summed E-state index contributed by atoms with van der Waals surface area (Å²) in [5, 5.41) is 3.16. The van der Waals surface area contributed by atoms with E-state index in [2.05, 4.69) is 15.3 Å². The largest absolute Gasteiger partial charge is 0.424 e. The van der Waals surface area contributed by atoms with Crippen molar-refractivity contribution in [3.8, 4) is 0 Å². The molecule has 0 saturated heterocycles. The van der Waals surface area contributed by atoms with Crippen molar-refractivity contribution >= 4 is 17.1 Å². The second kappa shape index (κ2) is 4.87. The lowest BCUT2D eigenvalue weighted by atomic mass is 10.3. The maximum atomic E-state index is 5.56. The summed E-state index contributed by atoms with van der Waals surface area (Å²) in [5.74, 6) is 0. The van der Waals surface area contributed by atoms with Gasteiger partial charge < -0.3 is 9.73 Å². The molecule has 4 nitrogen and oxygen atoms in total. The van der Waals surface area contributed by atoms with Gasteiger partial charge in [-0.05, 0) is 24.3 Å². The van der Waals surface area contributed by atoms with E-state index in [-0.39, 0.29) is 0 Å². The van der Waals surface area contributed by atoms with Gasteiger partial charge in [-0.1, -0.05) is 18.2 Å². The van der Waals surface area contributed by atoms with Crippen molar-refractivity contribution in [1.29, 1.82) is 0 Å². The third-order valence-electron chi connectivity index (χ3n) is 2.68. The molecule has 0 radical (unpaired) electrons. The number of nitrogens with one attached hydrogen (secondary N) is 1. The second-order valence-corrected chi connectivity index (χ2v) is 3.98.